The molecule has 0 spiro atoms. The molecule has 1 aromatic rings. The number of nitrogens with one attached hydrogen (secondary N) is 3. The summed E-state index contributed by atoms with van der Waals surface area (Å²) in [5.41, 5.74) is 0.866. The predicted molar refractivity (Wildman–Crippen MR) is 108 cm³/mol. The number of amides is 1. The van der Waals surface area contributed by atoms with Gasteiger partial charge in [-0.2, -0.15) is 4.72 Å². The minimum absolute atomic E-state index is 0. The number of hydrogen-bond acceptors (Lipinski definition) is 5. The molecule has 3 N–H and O–H groups in total. The number of methoxy groups -OCH3 is 1. The quantitative estimate of drug-likeness (QED) is 0.588. The first-order valence-electron chi connectivity index (χ1n) is 8.84. The molecule has 0 radical (unpaired) electrons. The van der Waals surface area contributed by atoms with Crippen LogP contribution in [-0.2, 0) is 19.6 Å². The van der Waals surface area contributed by atoms with Crippen LogP contribution in [0.15, 0.2) is 29.2 Å². The van der Waals surface area contributed by atoms with E-state index in [1.54, 1.807) is 26.2 Å². The van der Waals surface area contributed by atoms with Crippen molar-refractivity contribution in [3.63, 3.8) is 0 Å². The minimum atomic E-state index is -3.74. The van der Waals surface area contributed by atoms with E-state index in [0.29, 0.717) is 13.2 Å². The van der Waals surface area contributed by atoms with Gasteiger partial charge in [-0.25, -0.2) is 8.42 Å². The van der Waals surface area contributed by atoms with Crippen molar-refractivity contribution in [2.75, 3.05) is 33.4 Å². The number of ether oxygens (including phenoxy) is 1. The van der Waals surface area contributed by atoms with Crippen molar-refractivity contribution in [1.82, 2.24) is 15.4 Å². The normalized spacial score (nSPS) is 17.6. The zero-order valence-electron chi connectivity index (χ0n) is 16.1. The lowest BCUT2D eigenvalue weighted by molar-refractivity contribution is -0.123. The summed E-state index contributed by atoms with van der Waals surface area (Å²) in [6, 6.07) is 5.66. The van der Waals surface area contributed by atoms with Crippen LogP contribution < -0.4 is 15.4 Å². The molecule has 1 saturated heterocycles. The van der Waals surface area contributed by atoms with E-state index in [1.807, 2.05) is 6.92 Å². The molecule has 0 aromatic heterocycles. The zero-order chi connectivity index (χ0) is 19.2. The Labute approximate surface area is 168 Å². The summed E-state index contributed by atoms with van der Waals surface area (Å²) in [4.78, 5) is 12.6. The molecule has 0 aliphatic carbocycles. The number of halogens is 1. The summed E-state index contributed by atoms with van der Waals surface area (Å²) in [7, 11) is -2.08. The maximum atomic E-state index is 12.4. The van der Waals surface area contributed by atoms with Gasteiger partial charge in [0.2, 0.25) is 15.9 Å². The maximum Gasteiger partial charge on any atom is 0.241 e. The van der Waals surface area contributed by atoms with E-state index in [1.165, 1.54) is 12.1 Å². The standard InChI is InChI=1S/C18H29N3O4S.ClH/c1-14-4-6-16(7-5-14)26(23,24)21-15(2)17(22)20-12-18(13-25-3)8-10-19-11-9-18;/h4-7,15,19,21H,8-13H2,1-3H3,(H,20,22);1H. The average Bonchev–Trinajstić information content (AvgIpc) is 2.61. The summed E-state index contributed by atoms with van der Waals surface area (Å²) >= 11 is 0. The summed E-state index contributed by atoms with van der Waals surface area (Å²) in [6.45, 7) is 6.24. The highest BCUT2D eigenvalue weighted by molar-refractivity contribution is 7.89. The van der Waals surface area contributed by atoms with Crippen molar-refractivity contribution in [2.45, 2.75) is 37.6 Å². The van der Waals surface area contributed by atoms with Crippen LogP contribution in [0.5, 0.6) is 0 Å². The van der Waals surface area contributed by atoms with Crippen molar-refractivity contribution in [3.8, 4) is 0 Å². The molecular weight excluding hydrogens is 390 g/mol. The lowest BCUT2D eigenvalue weighted by atomic mass is 9.79. The number of rotatable bonds is 8. The molecule has 0 bridgehead atoms. The van der Waals surface area contributed by atoms with E-state index < -0.39 is 16.1 Å². The van der Waals surface area contributed by atoms with E-state index in [9.17, 15) is 13.2 Å². The molecule has 1 aromatic carbocycles. The highest BCUT2D eigenvalue weighted by atomic mass is 35.5. The third-order valence-electron chi connectivity index (χ3n) is 4.81. The van der Waals surface area contributed by atoms with Crippen molar-refractivity contribution < 1.29 is 17.9 Å². The van der Waals surface area contributed by atoms with E-state index in [2.05, 4.69) is 15.4 Å². The first-order valence-corrected chi connectivity index (χ1v) is 10.3. The Morgan fingerprint density at radius 3 is 2.41 bits per heavy atom. The van der Waals surface area contributed by atoms with Gasteiger partial charge in [-0.3, -0.25) is 4.79 Å². The fourth-order valence-electron chi connectivity index (χ4n) is 3.13. The minimum Gasteiger partial charge on any atom is -0.384 e. The molecule has 0 saturated carbocycles. The summed E-state index contributed by atoms with van der Waals surface area (Å²) in [5, 5.41) is 6.19. The number of hydrogen-bond donors (Lipinski definition) is 3. The molecule has 9 heteroatoms. The van der Waals surface area contributed by atoms with Gasteiger partial charge in [0.05, 0.1) is 17.5 Å². The molecule has 1 heterocycles. The molecule has 1 fully saturated rings. The summed E-state index contributed by atoms with van der Waals surface area (Å²) in [6.07, 6.45) is 1.81. The van der Waals surface area contributed by atoms with Gasteiger partial charge >= 0.3 is 0 Å². The Morgan fingerprint density at radius 1 is 1.26 bits per heavy atom. The molecule has 27 heavy (non-hydrogen) atoms. The van der Waals surface area contributed by atoms with E-state index in [0.717, 1.165) is 31.5 Å². The van der Waals surface area contributed by atoms with Crippen LogP contribution in [-0.4, -0.2) is 53.7 Å². The molecule has 1 unspecified atom stereocenters. The highest BCUT2D eigenvalue weighted by Crippen LogP contribution is 2.28. The average molecular weight is 420 g/mol. The first-order chi connectivity index (χ1) is 12.3. The second kappa shape index (κ2) is 10.4. The maximum absolute atomic E-state index is 12.4. The van der Waals surface area contributed by atoms with Crippen molar-refractivity contribution in [1.29, 1.82) is 0 Å². The van der Waals surface area contributed by atoms with Gasteiger partial charge < -0.3 is 15.4 Å². The monoisotopic (exact) mass is 419 g/mol. The molecule has 1 atom stereocenters. The Hall–Kier alpha value is -1.19. The summed E-state index contributed by atoms with van der Waals surface area (Å²) < 4.78 is 32.6. The zero-order valence-corrected chi connectivity index (χ0v) is 17.7. The van der Waals surface area contributed by atoms with E-state index in [-0.39, 0.29) is 28.6 Å². The predicted octanol–water partition coefficient (Wildman–Crippen LogP) is 1.22. The number of carbonyl (C=O) groups excluding carboxylic acids is 1. The number of benzene rings is 1. The first kappa shape index (κ1) is 23.8. The molecule has 1 aliphatic heterocycles. The van der Waals surface area contributed by atoms with Crippen molar-refractivity contribution in [3.05, 3.63) is 29.8 Å². The fourth-order valence-corrected chi connectivity index (χ4v) is 4.34. The second-order valence-electron chi connectivity index (χ2n) is 7.06. The Morgan fingerprint density at radius 2 is 1.85 bits per heavy atom. The number of piperidine rings is 1. The number of carbonyl (C=O) groups is 1. The lowest BCUT2D eigenvalue weighted by Gasteiger charge is -2.37. The molecule has 1 aliphatic rings. The molecular formula is C18H30ClN3O4S. The molecule has 7 nitrogen and oxygen atoms in total. The molecule has 1 amide bonds. The van der Waals surface area contributed by atoms with Gasteiger partial charge in [-0.05, 0) is 51.9 Å². The van der Waals surface area contributed by atoms with Gasteiger partial charge in [-0.15, -0.1) is 12.4 Å². The topological polar surface area (TPSA) is 96.5 Å². The van der Waals surface area contributed by atoms with Crippen LogP contribution in [0.4, 0.5) is 0 Å². The smallest absolute Gasteiger partial charge is 0.241 e. The Balaban J connectivity index is 0.00000364. The van der Waals surface area contributed by atoms with Gasteiger partial charge in [0, 0.05) is 19.1 Å². The van der Waals surface area contributed by atoms with Crippen LogP contribution in [0.2, 0.25) is 0 Å². The van der Waals surface area contributed by atoms with Gasteiger partial charge in [0.25, 0.3) is 0 Å². The Bertz CT molecular complexity index is 698. The van der Waals surface area contributed by atoms with Crippen LogP contribution >= 0.6 is 12.4 Å². The van der Waals surface area contributed by atoms with Crippen LogP contribution in [0.1, 0.15) is 25.3 Å². The second-order valence-corrected chi connectivity index (χ2v) is 8.77. The van der Waals surface area contributed by atoms with Crippen LogP contribution in [0.25, 0.3) is 0 Å². The van der Waals surface area contributed by atoms with E-state index in [4.69, 9.17) is 4.74 Å². The number of sulfonamides is 1. The van der Waals surface area contributed by atoms with Crippen molar-refractivity contribution in [2.24, 2.45) is 5.41 Å². The Kier molecular flexibility index (Phi) is 9.17. The van der Waals surface area contributed by atoms with Gasteiger partial charge in [0.15, 0.2) is 0 Å². The number of aryl methyl sites for hydroxylation is 1. The third-order valence-corrected chi connectivity index (χ3v) is 6.37. The summed E-state index contributed by atoms with van der Waals surface area (Å²) in [5.74, 6) is -0.338. The molecule has 2 rings (SSSR count). The van der Waals surface area contributed by atoms with Gasteiger partial charge in [0.1, 0.15) is 0 Å². The van der Waals surface area contributed by atoms with E-state index >= 15 is 0 Å². The lowest BCUT2D eigenvalue weighted by Crippen LogP contribution is -2.51. The highest BCUT2D eigenvalue weighted by Gasteiger charge is 2.33. The third kappa shape index (κ3) is 6.73. The largest absolute Gasteiger partial charge is 0.384 e. The van der Waals surface area contributed by atoms with Crippen LogP contribution in [0.3, 0.4) is 0 Å². The SMILES string of the molecule is COCC1(CNC(=O)C(C)NS(=O)(=O)c2ccc(C)cc2)CCNCC1.Cl. The molecule has 154 valence electrons. The van der Waals surface area contributed by atoms with Crippen molar-refractivity contribution >= 4 is 28.3 Å². The van der Waals surface area contributed by atoms with Gasteiger partial charge in [-0.1, -0.05) is 17.7 Å². The fraction of sp³-hybridized carbons (Fsp3) is 0.611. The van der Waals surface area contributed by atoms with Crippen LogP contribution in [0, 0.1) is 12.3 Å².